The van der Waals surface area contributed by atoms with E-state index < -0.39 is 0 Å². The predicted molar refractivity (Wildman–Crippen MR) is 96.1 cm³/mol. The van der Waals surface area contributed by atoms with Crippen LogP contribution in [0.2, 0.25) is 0 Å². The summed E-state index contributed by atoms with van der Waals surface area (Å²) in [5.74, 6) is 0.190. The van der Waals surface area contributed by atoms with Crippen LogP contribution in [0.4, 0.5) is 0 Å². The van der Waals surface area contributed by atoms with Gasteiger partial charge in [-0.2, -0.15) is 0 Å². The SMILES string of the molecule is CC[C@@H](O)CN1CCN(C(=O)Cc2c[nH]c3cccc(C)c23)CC1. The summed E-state index contributed by atoms with van der Waals surface area (Å²) in [4.78, 5) is 20.1. The number of piperazine rings is 1. The zero-order chi connectivity index (χ0) is 17.1. The summed E-state index contributed by atoms with van der Waals surface area (Å²) in [7, 11) is 0. The lowest BCUT2D eigenvalue weighted by Gasteiger charge is -2.35. The highest BCUT2D eigenvalue weighted by Crippen LogP contribution is 2.23. The zero-order valence-electron chi connectivity index (χ0n) is 14.6. The molecule has 2 N–H and O–H groups in total. The van der Waals surface area contributed by atoms with Crippen molar-refractivity contribution in [1.29, 1.82) is 0 Å². The first-order chi connectivity index (χ1) is 11.6. The molecule has 1 aliphatic rings. The second-order valence-corrected chi connectivity index (χ2v) is 6.73. The van der Waals surface area contributed by atoms with Crippen LogP contribution in [0.5, 0.6) is 0 Å². The molecule has 130 valence electrons. The maximum atomic E-state index is 12.6. The van der Waals surface area contributed by atoms with Crippen LogP contribution in [0.15, 0.2) is 24.4 Å². The van der Waals surface area contributed by atoms with Gasteiger partial charge in [-0.25, -0.2) is 0 Å². The number of rotatable bonds is 5. The standard InChI is InChI=1S/C19H27N3O2/c1-3-16(23)13-21-7-9-22(10-8-21)18(24)11-15-12-20-17-6-4-5-14(2)19(15)17/h4-6,12,16,20,23H,3,7-11,13H2,1-2H3/t16-/m1/s1. The number of carbonyl (C=O) groups is 1. The van der Waals surface area contributed by atoms with Gasteiger partial charge in [0.1, 0.15) is 0 Å². The van der Waals surface area contributed by atoms with Gasteiger partial charge in [0.05, 0.1) is 12.5 Å². The quantitative estimate of drug-likeness (QED) is 0.881. The van der Waals surface area contributed by atoms with Crippen molar-refractivity contribution in [3.63, 3.8) is 0 Å². The molecular weight excluding hydrogens is 302 g/mol. The summed E-state index contributed by atoms with van der Waals surface area (Å²) in [6.07, 6.45) is 2.92. The molecule has 0 unspecified atom stereocenters. The molecule has 2 heterocycles. The third-order valence-electron chi connectivity index (χ3n) is 5.00. The topological polar surface area (TPSA) is 59.6 Å². The highest BCUT2D eigenvalue weighted by Gasteiger charge is 2.23. The number of aromatic nitrogens is 1. The zero-order valence-corrected chi connectivity index (χ0v) is 14.6. The molecule has 1 aromatic carbocycles. The number of aromatic amines is 1. The normalized spacial score (nSPS) is 17.4. The van der Waals surface area contributed by atoms with E-state index in [0.717, 1.165) is 43.7 Å². The van der Waals surface area contributed by atoms with Crippen LogP contribution in [-0.4, -0.2) is 64.6 Å². The van der Waals surface area contributed by atoms with E-state index in [4.69, 9.17) is 0 Å². The number of β-amino-alcohol motifs (C(OH)–C–C–N with tert-alkyl or cyclic N) is 1. The van der Waals surface area contributed by atoms with Crippen molar-refractivity contribution in [2.24, 2.45) is 0 Å². The van der Waals surface area contributed by atoms with Crippen molar-refractivity contribution in [3.05, 3.63) is 35.5 Å². The Morgan fingerprint density at radius 3 is 2.75 bits per heavy atom. The van der Waals surface area contributed by atoms with Gasteiger partial charge >= 0.3 is 0 Å². The van der Waals surface area contributed by atoms with Crippen molar-refractivity contribution < 1.29 is 9.90 Å². The molecule has 5 heteroatoms. The molecule has 1 amide bonds. The number of hydrogen-bond acceptors (Lipinski definition) is 3. The van der Waals surface area contributed by atoms with Gasteiger partial charge in [-0.15, -0.1) is 0 Å². The lowest BCUT2D eigenvalue weighted by atomic mass is 10.0. The minimum atomic E-state index is -0.263. The van der Waals surface area contributed by atoms with Gasteiger partial charge in [0.15, 0.2) is 0 Å². The number of hydrogen-bond donors (Lipinski definition) is 2. The van der Waals surface area contributed by atoms with Gasteiger partial charge in [-0.05, 0) is 30.5 Å². The first-order valence-corrected chi connectivity index (χ1v) is 8.82. The van der Waals surface area contributed by atoms with Gasteiger partial charge in [-0.3, -0.25) is 9.69 Å². The van der Waals surface area contributed by atoms with Crippen LogP contribution in [-0.2, 0) is 11.2 Å². The smallest absolute Gasteiger partial charge is 0.227 e. The summed E-state index contributed by atoms with van der Waals surface area (Å²) in [6.45, 7) is 7.97. The fourth-order valence-corrected chi connectivity index (χ4v) is 3.47. The number of H-pyrrole nitrogens is 1. The molecule has 5 nitrogen and oxygen atoms in total. The Bertz CT molecular complexity index is 702. The van der Waals surface area contributed by atoms with Crippen LogP contribution in [0.1, 0.15) is 24.5 Å². The fraction of sp³-hybridized carbons (Fsp3) is 0.526. The minimum Gasteiger partial charge on any atom is -0.392 e. The van der Waals surface area contributed by atoms with E-state index in [1.165, 1.54) is 10.9 Å². The van der Waals surface area contributed by atoms with Gasteiger partial charge in [0.2, 0.25) is 5.91 Å². The average Bonchev–Trinajstić information content (AvgIpc) is 2.99. The summed E-state index contributed by atoms with van der Waals surface area (Å²) in [5, 5.41) is 10.9. The summed E-state index contributed by atoms with van der Waals surface area (Å²) in [6, 6.07) is 6.17. The van der Waals surface area contributed by atoms with Gasteiger partial charge < -0.3 is 15.0 Å². The number of aliphatic hydroxyl groups excluding tert-OH is 1. The van der Waals surface area contributed by atoms with E-state index in [1.807, 2.05) is 30.2 Å². The average molecular weight is 329 g/mol. The van der Waals surface area contributed by atoms with E-state index in [-0.39, 0.29) is 12.0 Å². The number of benzene rings is 1. The Kier molecular flexibility index (Phi) is 5.21. The fourth-order valence-electron chi connectivity index (χ4n) is 3.47. The molecule has 0 radical (unpaired) electrons. The molecule has 0 aliphatic carbocycles. The van der Waals surface area contributed by atoms with Crippen LogP contribution >= 0.6 is 0 Å². The highest BCUT2D eigenvalue weighted by molar-refractivity contribution is 5.91. The Morgan fingerprint density at radius 1 is 1.29 bits per heavy atom. The molecule has 0 bridgehead atoms. The Balaban J connectivity index is 1.60. The van der Waals surface area contributed by atoms with Crippen molar-refractivity contribution in [3.8, 4) is 0 Å². The minimum absolute atomic E-state index is 0.190. The highest BCUT2D eigenvalue weighted by atomic mass is 16.3. The molecule has 1 saturated heterocycles. The third-order valence-corrected chi connectivity index (χ3v) is 5.00. The summed E-state index contributed by atoms with van der Waals surface area (Å²) >= 11 is 0. The van der Waals surface area contributed by atoms with E-state index in [1.54, 1.807) is 0 Å². The predicted octanol–water partition coefficient (Wildman–Crippen LogP) is 1.93. The number of carbonyl (C=O) groups excluding carboxylic acids is 1. The summed E-state index contributed by atoms with van der Waals surface area (Å²) < 4.78 is 0. The molecule has 0 saturated carbocycles. The molecule has 1 aliphatic heterocycles. The second-order valence-electron chi connectivity index (χ2n) is 6.73. The number of fused-ring (bicyclic) bond motifs is 1. The van der Waals surface area contributed by atoms with Crippen molar-refractivity contribution in [1.82, 2.24) is 14.8 Å². The monoisotopic (exact) mass is 329 g/mol. The molecule has 1 atom stereocenters. The Morgan fingerprint density at radius 2 is 2.04 bits per heavy atom. The van der Waals surface area contributed by atoms with E-state index in [9.17, 15) is 9.90 Å². The number of amides is 1. The molecule has 1 fully saturated rings. The maximum absolute atomic E-state index is 12.6. The van der Waals surface area contributed by atoms with E-state index >= 15 is 0 Å². The van der Waals surface area contributed by atoms with Crippen LogP contribution in [0, 0.1) is 6.92 Å². The molecule has 2 aromatic rings. The number of aliphatic hydroxyl groups is 1. The van der Waals surface area contributed by atoms with Crippen molar-refractivity contribution in [2.45, 2.75) is 32.8 Å². The van der Waals surface area contributed by atoms with Crippen molar-refractivity contribution >= 4 is 16.8 Å². The molecular formula is C19H27N3O2. The number of nitrogens with zero attached hydrogens (tertiary/aromatic N) is 2. The third kappa shape index (κ3) is 3.62. The largest absolute Gasteiger partial charge is 0.392 e. The lowest BCUT2D eigenvalue weighted by molar-refractivity contribution is -0.132. The van der Waals surface area contributed by atoms with E-state index in [2.05, 4.69) is 22.9 Å². The maximum Gasteiger partial charge on any atom is 0.227 e. The molecule has 3 rings (SSSR count). The van der Waals surface area contributed by atoms with Crippen molar-refractivity contribution in [2.75, 3.05) is 32.7 Å². The lowest BCUT2D eigenvalue weighted by Crippen LogP contribution is -2.50. The first-order valence-electron chi connectivity index (χ1n) is 8.82. The van der Waals surface area contributed by atoms with Gasteiger partial charge in [0, 0.05) is 49.8 Å². The summed E-state index contributed by atoms with van der Waals surface area (Å²) in [5.41, 5.74) is 3.38. The second kappa shape index (κ2) is 7.36. The molecule has 24 heavy (non-hydrogen) atoms. The Hall–Kier alpha value is -1.85. The van der Waals surface area contributed by atoms with Crippen LogP contribution in [0.25, 0.3) is 10.9 Å². The van der Waals surface area contributed by atoms with Crippen LogP contribution < -0.4 is 0 Å². The number of nitrogens with one attached hydrogen (secondary N) is 1. The molecule has 0 spiro atoms. The van der Waals surface area contributed by atoms with E-state index in [0.29, 0.717) is 13.0 Å². The van der Waals surface area contributed by atoms with Gasteiger partial charge in [-0.1, -0.05) is 19.1 Å². The van der Waals surface area contributed by atoms with Gasteiger partial charge in [0.25, 0.3) is 0 Å². The number of aryl methyl sites for hydroxylation is 1. The first kappa shape index (κ1) is 17.0. The Labute approximate surface area is 143 Å². The van der Waals surface area contributed by atoms with Crippen LogP contribution in [0.3, 0.4) is 0 Å². The molecule has 1 aromatic heterocycles.